The minimum absolute atomic E-state index is 0.00162. The molecule has 0 bridgehead atoms. The summed E-state index contributed by atoms with van der Waals surface area (Å²) in [5.74, 6) is 0.873. The minimum atomic E-state index is -0.527. The smallest absolute Gasteiger partial charge is 0.315 e. The fourth-order valence-electron chi connectivity index (χ4n) is 4.93. The maximum absolute atomic E-state index is 13.6. The second kappa shape index (κ2) is 12.8. The summed E-state index contributed by atoms with van der Waals surface area (Å²) in [7, 11) is 1.42. The van der Waals surface area contributed by atoms with E-state index in [1.54, 1.807) is 12.1 Å². The second-order valence-corrected chi connectivity index (χ2v) is 12.4. The van der Waals surface area contributed by atoms with Crippen molar-refractivity contribution in [3.8, 4) is 11.5 Å². The van der Waals surface area contributed by atoms with Crippen LogP contribution in [0.3, 0.4) is 0 Å². The number of rotatable bonds is 8. The molecule has 0 saturated heterocycles. The van der Waals surface area contributed by atoms with Gasteiger partial charge >= 0.3 is 5.69 Å². The van der Waals surface area contributed by atoms with Crippen molar-refractivity contribution in [2.24, 2.45) is 5.10 Å². The quantitative estimate of drug-likeness (QED) is 0.102. The zero-order valence-electron chi connectivity index (χ0n) is 22.0. The molecule has 0 N–H and O–H groups in total. The molecule has 41 heavy (non-hydrogen) atoms. The molecule has 0 spiro atoms. The van der Waals surface area contributed by atoms with E-state index in [0.717, 1.165) is 51.1 Å². The van der Waals surface area contributed by atoms with E-state index in [1.165, 1.54) is 24.1 Å². The molecule has 4 aromatic rings. The van der Waals surface area contributed by atoms with Crippen molar-refractivity contribution in [2.75, 3.05) is 7.11 Å². The minimum Gasteiger partial charge on any atom is -0.493 e. The van der Waals surface area contributed by atoms with Crippen molar-refractivity contribution in [3.05, 3.63) is 99.4 Å². The first kappa shape index (κ1) is 29.4. The Balaban J connectivity index is 1.55. The molecule has 0 amide bonds. The van der Waals surface area contributed by atoms with E-state index < -0.39 is 4.92 Å². The molecule has 212 valence electrons. The molecule has 9 nitrogen and oxygen atoms in total. The highest BCUT2D eigenvalue weighted by Crippen LogP contribution is 2.39. The van der Waals surface area contributed by atoms with Gasteiger partial charge in [0.1, 0.15) is 12.4 Å². The highest BCUT2D eigenvalue weighted by molar-refractivity contribution is 9.11. The van der Waals surface area contributed by atoms with Gasteiger partial charge in [0, 0.05) is 36.5 Å². The number of hydrogen-bond donors (Lipinski definition) is 0. The summed E-state index contributed by atoms with van der Waals surface area (Å²) >= 11 is 10.3. The van der Waals surface area contributed by atoms with Crippen LogP contribution in [0.4, 0.5) is 5.69 Å². The van der Waals surface area contributed by atoms with Crippen LogP contribution in [0, 0.1) is 10.1 Å². The maximum Gasteiger partial charge on any atom is 0.315 e. The molecule has 0 radical (unpaired) electrons. The van der Waals surface area contributed by atoms with Gasteiger partial charge in [-0.2, -0.15) is 9.78 Å². The third-order valence-corrected chi connectivity index (χ3v) is 8.71. The standard InChI is InChI=1S/C29H25Br3N4O5/c1-40-26-12-17(11-25(36(38)39)27(26)41-16-19-7-8-21(31)14-23(19)32)15-33-35-28(18-5-3-2-4-6-18)34-24-10-9-20(30)13-22(24)29(35)37/h7-15,18H,2-6,16H2,1H3. The molecule has 0 atom stereocenters. The van der Waals surface area contributed by atoms with Crippen molar-refractivity contribution < 1.29 is 14.4 Å². The third kappa shape index (κ3) is 6.54. The average molecular weight is 749 g/mol. The zero-order chi connectivity index (χ0) is 29.1. The normalized spacial score (nSPS) is 14.0. The van der Waals surface area contributed by atoms with Crippen molar-refractivity contribution in [1.29, 1.82) is 0 Å². The summed E-state index contributed by atoms with van der Waals surface area (Å²) in [6.45, 7) is 0.0803. The monoisotopic (exact) mass is 746 g/mol. The Bertz CT molecular complexity index is 1720. The first-order valence-electron chi connectivity index (χ1n) is 12.9. The first-order chi connectivity index (χ1) is 19.7. The van der Waals surface area contributed by atoms with Crippen molar-refractivity contribution in [1.82, 2.24) is 9.66 Å². The molecule has 1 fully saturated rings. The lowest BCUT2D eigenvalue weighted by atomic mass is 9.88. The Kier molecular flexibility index (Phi) is 9.20. The van der Waals surface area contributed by atoms with Crippen LogP contribution in [0.15, 0.2) is 71.8 Å². The Labute approximate surface area is 261 Å². The van der Waals surface area contributed by atoms with Crippen LogP contribution in [0.2, 0.25) is 0 Å². The molecule has 0 aliphatic heterocycles. The lowest BCUT2D eigenvalue weighted by Crippen LogP contribution is -2.25. The number of nitro groups is 1. The molecule has 3 aromatic carbocycles. The van der Waals surface area contributed by atoms with Gasteiger partial charge in [0.05, 0.1) is 29.2 Å². The largest absolute Gasteiger partial charge is 0.493 e. The molecular formula is C29H25Br3N4O5. The predicted octanol–water partition coefficient (Wildman–Crippen LogP) is 8.11. The molecule has 0 unspecified atom stereocenters. The van der Waals surface area contributed by atoms with Crippen LogP contribution in [0.5, 0.6) is 11.5 Å². The Morgan fingerprint density at radius 1 is 1.07 bits per heavy atom. The Morgan fingerprint density at radius 2 is 1.80 bits per heavy atom. The fourth-order valence-corrected chi connectivity index (χ4v) is 6.45. The summed E-state index contributed by atoms with van der Waals surface area (Å²) in [5, 5.41) is 17.0. The van der Waals surface area contributed by atoms with E-state index >= 15 is 0 Å². The van der Waals surface area contributed by atoms with E-state index in [-0.39, 0.29) is 35.3 Å². The van der Waals surface area contributed by atoms with Crippen molar-refractivity contribution in [2.45, 2.75) is 44.6 Å². The van der Waals surface area contributed by atoms with Gasteiger partial charge < -0.3 is 9.47 Å². The summed E-state index contributed by atoms with van der Waals surface area (Å²) in [6, 6.07) is 13.9. The van der Waals surface area contributed by atoms with E-state index in [0.29, 0.717) is 22.3 Å². The molecule has 1 heterocycles. The zero-order valence-corrected chi connectivity index (χ0v) is 26.7. The van der Waals surface area contributed by atoms with Gasteiger partial charge in [-0.3, -0.25) is 14.9 Å². The van der Waals surface area contributed by atoms with Crippen molar-refractivity contribution in [3.63, 3.8) is 0 Å². The number of methoxy groups -OCH3 is 1. The van der Waals surface area contributed by atoms with Crippen LogP contribution in [-0.2, 0) is 6.61 Å². The number of ether oxygens (including phenoxy) is 2. The molecule has 1 aliphatic rings. The molecule has 12 heteroatoms. The maximum atomic E-state index is 13.6. The van der Waals surface area contributed by atoms with Gasteiger partial charge in [0.25, 0.3) is 5.56 Å². The summed E-state index contributed by atoms with van der Waals surface area (Å²) in [6.07, 6.45) is 6.53. The first-order valence-corrected chi connectivity index (χ1v) is 15.3. The van der Waals surface area contributed by atoms with E-state index in [1.807, 2.05) is 30.3 Å². The van der Waals surface area contributed by atoms with Crippen molar-refractivity contribution >= 4 is 70.6 Å². The number of aromatic nitrogens is 2. The Hall–Kier alpha value is -3.09. The van der Waals surface area contributed by atoms with E-state index in [4.69, 9.17) is 14.5 Å². The third-order valence-electron chi connectivity index (χ3n) is 6.99. The van der Waals surface area contributed by atoms with Gasteiger partial charge in [0.15, 0.2) is 5.75 Å². The van der Waals surface area contributed by atoms with Crippen LogP contribution in [-0.4, -0.2) is 27.9 Å². The van der Waals surface area contributed by atoms with Crippen LogP contribution < -0.4 is 15.0 Å². The molecule has 1 aromatic heterocycles. The SMILES string of the molecule is COc1cc(C=Nn2c(C3CCCCC3)nc3ccc(Br)cc3c2=O)cc([N+](=O)[O-])c1OCc1ccc(Br)cc1Br. The van der Waals surface area contributed by atoms with Crippen LogP contribution in [0.25, 0.3) is 10.9 Å². The predicted molar refractivity (Wildman–Crippen MR) is 168 cm³/mol. The highest BCUT2D eigenvalue weighted by Gasteiger charge is 2.24. The van der Waals surface area contributed by atoms with Gasteiger partial charge in [-0.15, -0.1) is 0 Å². The summed E-state index contributed by atoms with van der Waals surface area (Å²) < 4.78 is 15.2. The highest BCUT2D eigenvalue weighted by atomic mass is 79.9. The van der Waals surface area contributed by atoms with Crippen LogP contribution >= 0.6 is 47.8 Å². The summed E-state index contributed by atoms with van der Waals surface area (Å²) in [4.78, 5) is 30.0. The number of fused-ring (bicyclic) bond motifs is 1. The topological polar surface area (TPSA) is 109 Å². The molecule has 1 aliphatic carbocycles. The Morgan fingerprint density at radius 3 is 2.51 bits per heavy atom. The number of halogens is 3. The summed E-state index contributed by atoms with van der Waals surface area (Å²) in [5.41, 5.74) is 1.22. The number of nitrogens with zero attached hydrogens (tertiary/aromatic N) is 4. The average Bonchev–Trinajstić information content (AvgIpc) is 2.96. The number of nitro benzene ring substituents is 1. The fraction of sp³-hybridized carbons (Fsp3) is 0.276. The van der Waals surface area contributed by atoms with Gasteiger partial charge in [-0.05, 0) is 49.2 Å². The lowest BCUT2D eigenvalue weighted by molar-refractivity contribution is -0.386. The van der Waals surface area contributed by atoms with Crippen LogP contribution in [0.1, 0.15) is 55.0 Å². The van der Waals surface area contributed by atoms with Gasteiger partial charge in [-0.1, -0.05) is 73.1 Å². The van der Waals surface area contributed by atoms with E-state index in [9.17, 15) is 14.9 Å². The molecule has 1 saturated carbocycles. The molecular weight excluding hydrogens is 724 g/mol. The second-order valence-electron chi connectivity index (χ2n) is 9.68. The van der Waals surface area contributed by atoms with Gasteiger partial charge in [0.2, 0.25) is 5.75 Å². The number of benzene rings is 3. The lowest BCUT2D eigenvalue weighted by Gasteiger charge is -2.22. The van der Waals surface area contributed by atoms with E-state index in [2.05, 4.69) is 52.9 Å². The van der Waals surface area contributed by atoms with Gasteiger partial charge in [-0.25, -0.2) is 4.98 Å². The molecule has 5 rings (SSSR count). The number of hydrogen-bond acceptors (Lipinski definition) is 7.